The zero-order valence-corrected chi connectivity index (χ0v) is 13.8. The van der Waals surface area contributed by atoms with Crippen molar-refractivity contribution in [1.29, 1.82) is 0 Å². The van der Waals surface area contributed by atoms with Crippen LogP contribution in [0.5, 0.6) is 0 Å². The van der Waals surface area contributed by atoms with Crippen LogP contribution in [0.25, 0.3) is 0 Å². The van der Waals surface area contributed by atoms with Crippen LogP contribution in [0, 0.1) is 5.92 Å². The first kappa shape index (κ1) is 19.1. The second-order valence-corrected chi connectivity index (χ2v) is 7.43. The Morgan fingerprint density at radius 1 is 1.18 bits per heavy atom. The van der Waals surface area contributed by atoms with Crippen LogP contribution < -0.4 is 0 Å². The van der Waals surface area contributed by atoms with E-state index in [1.165, 1.54) is 0 Å². The van der Waals surface area contributed by atoms with Gasteiger partial charge in [0.15, 0.2) is 5.78 Å². The number of esters is 1. The molecule has 0 aromatic carbocycles. The molecule has 1 aliphatic carbocycles. The fourth-order valence-corrected chi connectivity index (χ4v) is 3.02. The van der Waals surface area contributed by atoms with Crippen molar-refractivity contribution >= 4 is 21.9 Å². The maximum absolute atomic E-state index is 11.8. The van der Waals surface area contributed by atoms with Gasteiger partial charge in [-0.15, -0.1) is 0 Å². The Labute approximate surface area is 131 Å². The fraction of sp³-hybridized carbons (Fsp3) is 0.857. The van der Waals surface area contributed by atoms with E-state index in [2.05, 4.69) is 4.74 Å². The van der Waals surface area contributed by atoms with Crippen molar-refractivity contribution in [1.82, 2.24) is 0 Å². The molecule has 1 saturated carbocycles. The van der Waals surface area contributed by atoms with Gasteiger partial charge in [0.1, 0.15) is 6.61 Å². The van der Waals surface area contributed by atoms with Gasteiger partial charge in [-0.25, -0.2) is 4.79 Å². The van der Waals surface area contributed by atoms with E-state index in [4.69, 9.17) is 9.29 Å². The molecule has 0 saturated heterocycles. The van der Waals surface area contributed by atoms with Gasteiger partial charge in [-0.2, -0.15) is 8.42 Å². The zero-order chi connectivity index (χ0) is 16.8. The highest BCUT2D eigenvalue weighted by atomic mass is 32.2. The number of ether oxygens (including phenoxy) is 2. The molecule has 0 radical (unpaired) electrons. The second-order valence-electron chi connectivity index (χ2n) is 5.97. The topological polar surface area (TPSA) is 107 Å². The first-order chi connectivity index (χ1) is 10.2. The smallest absolute Gasteiger partial charge is 0.333 e. The highest BCUT2D eigenvalue weighted by Crippen LogP contribution is 2.20. The van der Waals surface area contributed by atoms with Crippen molar-refractivity contribution in [3.05, 3.63) is 0 Å². The number of rotatable bonds is 8. The predicted octanol–water partition coefficient (Wildman–Crippen LogP) is 1.71. The Kier molecular flexibility index (Phi) is 7.44. The maximum atomic E-state index is 11.8. The lowest BCUT2D eigenvalue weighted by Crippen LogP contribution is -2.37. The van der Waals surface area contributed by atoms with Crippen molar-refractivity contribution in [2.75, 3.05) is 6.61 Å². The van der Waals surface area contributed by atoms with Crippen LogP contribution in [0.4, 0.5) is 0 Å². The Balaban J connectivity index is 2.53. The van der Waals surface area contributed by atoms with Gasteiger partial charge in [-0.3, -0.25) is 9.35 Å². The average Bonchev–Trinajstić information content (AvgIpc) is 2.41. The molecule has 1 atom stereocenters. The summed E-state index contributed by atoms with van der Waals surface area (Å²) in [5, 5.41) is 0. The Morgan fingerprint density at radius 2 is 1.77 bits per heavy atom. The van der Waals surface area contributed by atoms with Crippen molar-refractivity contribution < 1.29 is 32.0 Å². The summed E-state index contributed by atoms with van der Waals surface area (Å²) in [7, 11) is -4.80. The van der Waals surface area contributed by atoms with E-state index in [0.29, 0.717) is 0 Å². The Bertz CT molecular complexity index is 477. The monoisotopic (exact) mass is 336 g/mol. The van der Waals surface area contributed by atoms with Crippen LogP contribution in [0.3, 0.4) is 0 Å². The van der Waals surface area contributed by atoms with Crippen LogP contribution in [0.2, 0.25) is 0 Å². The number of carbonyl (C=O) groups is 2. The molecule has 0 aliphatic heterocycles. The number of Topliss-reactive ketones (excluding diaryl/α,β-unsaturated/α-hetero) is 1. The number of ketones is 1. The molecule has 0 amide bonds. The number of hydrogen-bond donors (Lipinski definition) is 1. The molecule has 22 heavy (non-hydrogen) atoms. The van der Waals surface area contributed by atoms with E-state index in [0.717, 1.165) is 32.1 Å². The summed E-state index contributed by atoms with van der Waals surface area (Å²) in [4.78, 5) is 23.4. The summed E-state index contributed by atoms with van der Waals surface area (Å²) < 4.78 is 41.5. The third kappa shape index (κ3) is 6.85. The second kappa shape index (κ2) is 8.59. The quantitative estimate of drug-likeness (QED) is 0.531. The molecule has 1 N–H and O–H groups in total. The molecule has 0 aromatic heterocycles. The summed E-state index contributed by atoms with van der Waals surface area (Å²) in [6, 6.07) is 0. The third-order valence-electron chi connectivity index (χ3n) is 3.37. The molecule has 7 nitrogen and oxygen atoms in total. The SMILES string of the molecule is CC(C)CC(=O)C(OC(=O)COC1CCCCC1)S(=O)(=O)O. The molecule has 1 aliphatic rings. The summed E-state index contributed by atoms with van der Waals surface area (Å²) in [6.07, 6.45) is 4.74. The van der Waals surface area contributed by atoms with Gasteiger partial charge in [-0.05, 0) is 18.8 Å². The van der Waals surface area contributed by atoms with E-state index < -0.39 is 33.9 Å². The minimum absolute atomic E-state index is 0.0446. The van der Waals surface area contributed by atoms with Crippen LogP contribution in [-0.4, -0.2) is 42.9 Å². The summed E-state index contributed by atoms with van der Waals surface area (Å²) in [5.41, 5.74) is -2.17. The summed E-state index contributed by atoms with van der Waals surface area (Å²) in [5.74, 6) is -1.93. The zero-order valence-electron chi connectivity index (χ0n) is 13.0. The van der Waals surface area contributed by atoms with Crippen molar-refractivity contribution in [3.8, 4) is 0 Å². The molecule has 0 aromatic rings. The van der Waals surface area contributed by atoms with Crippen LogP contribution in [0.15, 0.2) is 0 Å². The van der Waals surface area contributed by atoms with Gasteiger partial charge in [0.25, 0.3) is 5.44 Å². The maximum Gasteiger partial charge on any atom is 0.333 e. The van der Waals surface area contributed by atoms with Crippen LogP contribution in [-0.2, 0) is 29.2 Å². The highest BCUT2D eigenvalue weighted by molar-refractivity contribution is 7.87. The summed E-state index contributed by atoms with van der Waals surface area (Å²) >= 11 is 0. The Morgan fingerprint density at radius 3 is 2.27 bits per heavy atom. The lowest BCUT2D eigenvalue weighted by molar-refractivity contribution is -0.157. The van der Waals surface area contributed by atoms with Gasteiger partial charge >= 0.3 is 16.1 Å². The van der Waals surface area contributed by atoms with E-state index in [1.54, 1.807) is 13.8 Å². The van der Waals surface area contributed by atoms with Gasteiger partial charge in [0, 0.05) is 6.42 Å². The van der Waals surface area contributed by atoms with Crippen molar-refractivity contribution in [3.63, 3.8) is 0 Å². The lowest BCUT2D eigenvalue weighted by Gasteiger charge is -2.22. The largest absolute Gasteiger partial charge is 0.433 e. The lowest BCUT2D eigenvalue weighted by atomic mass is 9.98. The Hall–Kier alpha value is -0.990. The average molecular weight is 336 g/mol. The molecule has 128 valence electrons. The highest BCUT2D eigenvalue weighted by Gasteiger charge is 2.35. The van der Waals surface area contributed by atoms with Gasteiger partial charge < -0.3 is 9.47 Å². The van der Waals surface area contributed by atoms with Gasteiger partial charge in [0.05, 0.1) is 6.10 Å². The fourth-order valence-electron chi connectivity index (χ4n) is 2.36. The molecular formula is C14H24O7S. The summed E-state index contributed by atoms with van der Waals surface area (Å²) in [6.45, 7) is 3.01. The van der Waals surface area contributed by atoms with Crippen molar-refractivity contribution in [2.45, 2.75) is 63.9 Å². The predicted molar refractivity (Wildman–Crippen MR) is 78.7 cm³/mol. The number of carbonyl (C=O) groups excluding carboxylic acids is 2. The van der Waals surface area contributed by atoms with E-state index in [-0.39, 0.29) is 18.4 Å². The molecule has 0 heterocycles. The van der Waals surface area contributed by atoms with Crippen LogP contribution >= 0.6 is 0 Å². The molecule has 0 bridgehead atoms. The van der Waals surface area contributed by atoms with Crippen molar-refractivity contribution in [2.24, 2.45) is 5.92 Å². The first-order valence-electron chi connectivity index (χ1n) is 7.50. The number of hydrogen-bond acceptors (Lipinski definition) is 6. The minimum Gasteiger partial charge on any atom is -0.433 e. The molecule has 1 rings (SSSR count). The normalized spacial score (nSPS) is 18.2. The molecule has 1 unspecified atom stereocenters. The van der Waals surface area contributed by atoms with E-state index >= 15 is 0 Å². The van der Waals surface area contributed by atoms with E-state index in [1.807, 2.05) is 0 Å². The third-order valence-corrected chi connectivity index (χ3v) is 4.27. The standard InChI is InChI=1S/C14H24O7S/c1-10(2)8-12(15)14(22(17,18)19)21-13(16)9-20-11-6-4-3-5-7-11/h10-11,14H,3-9H2,1-2H3,(H,17,18,19). The van der Waals surface area contributed by atoms with Gasteiger partial charge in [-0.1, -0.05) is 33.1 Å². The van der Waals surface area contributed by atoms with Crippen LogP contribution in [0.1, 0.15) is 52.4 Å². The molecule has 8 heteroatoms. The first-order valence-corrected chi connectivity index (χ1v) is 9.00. The minimum atomic E-state index is -4.80. The molecular weight excluding hydrogens is 312 g/mol. The molecule has 0 spiro atoms. The van der Waals surface area contributed by atoms with Gasteiger partial charge in [0.2, 0.25) is 0 Å². The van der Waals surface area contributed by atoms with E-state index in [9.17, 15) is 18.0 Å². The molecule has 1 fully saturated rings.